The molecular weight excluding hydrogens is 206 g/mol. The maximum Gasteiger partial charge on any atom is 0.186 e. The van der Waals surface area contributed by atoms with Crippen molar-refractivity contribution in [2.24, 2.45) is 16.5 Å². The summed E-state index contributed by atoms with van der Waals surface area (Å²) in [4.78, 5) is 3.98. The van der Waals surface area contributed by atoms with Crippen LogP contribution in [0.15, 0.2) is 4.99 Å². The normalized spacial score (nSPS) is 28.9. The van der Waals surface area contributed by atoms with E-state index in [1.54, 1.807) is 0 Å². The third-order valence-corrected chi connectivity index (χ3v) is 3.26. The molecule has 0 amide bonds. The van der Waals surface area contributed by atoms with E-state index in [-0.39, 0.29) is 17.9 Å². The number of hydrogen-bond acceptors (Lipinski definition) is 3. The van der Waals surface area contributed by atoms with Gasteiger partial charge in [0.2, 0.25) is 0 Å². The lowest BCUT2D eigenvalue weighted by atomic mass is 10.1. The molecule has 1 aliphatic carbocycles. The largest absolute Gasteiger partial charge is 0.370 e. The minimum absolute atomic E-state index is 0.0141. The third-order valence-electron chi connectivity index (χ3n) is 3.26. The van der Waals surface area contributed by atoms with E-state index in [4.69, 9.17) is 20.9 Å². The molecule has 2 aliphatic rings. The Hall–Kier alpha value is -0.810. The fourth-order valence-electron chi connectivity index (χ4n) is 2.44. The van der Waals surface area contributed by atoms with Gasteiger partial charge >= 0.3 is 0 Å². The lowest BCUT2D eigenvalue weighted by Crippen LogP contribution is -2.31. The topological polar surface area (TPSA) is 82.9 Å². The molecule has 0 aromatic rings. The first-order chi connectivity index (χ1) is 7.70. The SMILES string of the molecule is NC(N)=NCC1COC2(CCCCCC2)O1. The molecule has 92 valence electrons. The van der Waals surface area contributed by atoms with Gasteiger partial charge in [0.15, 0.2) is 11.7 Å². The molecule has 2 rings (SSSR count). The molecule has 2 fully saturated rings. The van der Waals surface area contributed by atoms with Gasteiger partial charge in [0.05, 0.1) is 13.2 Å². The van der Waals surface area contributed by atoms with Crippen molar-refractivity contribution in [3.8, 4) is 0 Å². The van der Waals surface area contributed by atoms with Crippen LogP contribution in [0.3, 0.4) is 0 Å². The number of aliphatic imine (C=N–C) groups is 1. The third kappa shape index (κ3) is 2.86. The van der Waals surface area contributed by atoms with Gasteiger partial charge in [-0.1, -0.05) is 12.8 Å². The average molecular weight is 227 g/mol. The summed E-state index contributed by atoms with van der Waals surface area (Å²) in [5.74, 6) is -0.217. The van der Waals surface area contributed by atoms with Gasteiger partial charge < -0.3 is 20.9 Å². The second-order valence-electron chi connectivity index (χ2n) is 4.64. The molecule has 1 spiro atoms. The van der Waals surface area contributed by atoms with E-state index in [1.807, 2.05) is 0 Å². The van der Waals surface area contributed by atoms with Crippen LogP contribution in [0.5, 0.6) is 0 Å². The molecule has 4 N–H and O–H groups in total. The quantitative estimate of drug-likeness (QED) is 0.538. The summed E-state index contributed by atoms with van der Waals surface area (Å²) in [6.07, 6.45) is 6.97. The number of hydrogen-bond donors (Lipinski definition) is 2. The Kier molecular flexibility index (Phi) is 3.66. The van der Waals surface area contributed by atoms with E-state index in [0.717, 1.165) is 12.8 Å². The Balaban J connectivity index is 1.87. The van der Waals surface area contributed by atoms with Crippen LogP contribution in [0.1, 0.15) is 38.5 Å². The summed E-state index contributed by atoms with van der Waals surface area (Å²) in [6, 6.07) is 0. The maximum absolute atomic E-state index is 5.98. The molecule has 1 saturated carbocycles. The van der Waals surface area contributed by atoms with Crippen molar-refractivity contribution in [2.45, 2.75) is 50.4 Å². The summed E-state index contributed by atoms with van der Waals surface area (Å²) >= 11 is 0. The summed E-state index contributed by atoms with van der Waals surface area (Å²) in [5.41, 5.74) is 10.6. The molecule has 5 nitrogen and oxygen atoms in total. The molecule has 1 unspecified atom stereocenters. The second-order valence-corrected chi connectivity index (χ2v) is 4.64. The molecular formula is C11H21N3O2. The summed E-state index contributed by atoms with van der Waals surface area (Å²) in [7, 11) is 0. The van der Waals surface area contributed by atoms with Gasteiger partial charge in [0.25, 0.3) is 0 Å². The zero-order chi connectivity index (χ0) is 11.4. The lowest BCUT2D eigenvalue weighted by Gasteiger charge is -2.26. The number of nitrogens with zero attached hydrogens (tertiary/aromatic N) is 1. The number of guanidine groups is 1. The first-order valence-electron chi connectivity index (χ1n) is 6.07. The molecule has 0 bridgehead atoms. The Labute approximate surface area is 96.2 Å². The Bertz CT molecular complexity index is 256. The van der Waals surface area contributed by atoms with E-state index >= 15 is 0 Å². The minimum atomic E-state index is -0.333. The van der Waals surface area contributed by atoms with Gasteiger partial charge in [-0.05, 0) is 12.8 Å². The molecule has 1 heterocycles. The van der Waals surface area contributed by atoms with Crippen molar-refractivity contribution in [3.05, 3.63) is 0 Å². The molecule has 5 heteroatoms. The fourth-order valence-corrected chi connectivity index (χ4v) is 2.44. The zero-order valence-electron chi connectivity index (χ0n) is 9.65. The van der Waals surface area contributed by atoms with Crippen molar-refractivity contribution >= 4 is 5.96 Å². The molecule has 1 aliphatic heterocycles. The molecule has 0 radical (unpaired) electrons. The minimum Gasteiger partial charge on any atom is -0.370 e. The van der Waals surface area contributed by atoms with Gasteiger partial charge in [-0.2, -0.15) is 0 Å². The summed E-state index contributed by atoms with van der Waals surface area (Å²) < 4.78 is 11.8. The van der Waals surface area contributed by atoms with Gasteiger partial charge in [-0.3, -0.25) is 4.99 Å². The van der Waals surface area contributed by atoms with E-state index in [1.165, 1.54) is 25.7 Å². The number of rotatable bonds is 2. The molecule has 1 atom stereocenters. The standard InChI is InChI=1S/C11H21N3O2/c12-10(13)14-7-9-8-15-11(16-9)5-3-1-2-4-6-11/h9H,1-8H2,(H4,12,13,14). The first kappa shape index (κ1) is 11.7. The second kappa shape index (κ2) is 5.01. The zero-order valence-corrected chi connectivity index (χ0v) is 9.65. The van der Waals surface area contributed by atoms with Crippen LogP contribution < -0.4 is 11.5 Å². The van der Waals surface area contributed by atoms with E-state index in [9.17, 15) is 0 Å². The van der Waals surface area contributed by atoms with E-state index < -0.39 is 0 Å². The fraction of sp³-hybridized carbons (Fsp3) is 0.909. The van der Waals surface area contributed by atoms with Crippen molar-refractivity contribution in [3.63, 3.8) is 0 Å². The highest BCUT2D eigenvalue weighted by Crippen LogP contribution is 2.36. The monoisotopic (exact) mass is 227 g/mol. The predicted octanol–water partition coefficient (Wildman–Crippen LogP) is 0.726. The molecule has 0 aromatic carbocycles. The van der Waals surface area contributed by atoms with Crippen LogP contribution in [0.25, 0.3) is 0 Å². The van der Waals surface area contributed by atoms with Gasteiger partial charge in [0.1, 0.15) is 6.10 Å². The molecule has 16 heavy (non-hydrogen) atoms. The Morgan fingerprint density at radius 3 is 2.50 bits per heavy atom. The van der Waals surface area contributed by atoms with Crippen LogP contribution in [-0.2, 0) is 9.47 Å². The van der Waals surface area contributed by atoms with Crippen molar-refractivity contribution in [1.82, 2.24) is 0 Å². The van der Waals surface area contributed by atoms with E-state index in [2.05, 4.69) is 4.99 Å². The lowest BCUT2D eigenvalue weighted by molar-refractivity contribution is -0.174. The van der Waals surface area contributed by atoms with Gasteiger partial charge in [0, 0.05) is 12.8 Å². The smallest absolute Gasteiger partial charge is 0.186 e. The van der Waals surface area contributed by atoms with Crippen LogP contribution >= 0.6 is 0 Å². The highest BCUT2D eigenvalue weighted by Gasteiger charge is 2.41. The highest BCUT2D eigenvalue weighted by molar-refractivity contribution is 5.75. The highest BCUT2D eigenvalue weighted by atomic mass is 16.7. The van der Waals surface area contributed by atoms with Crippen molar-refractivity contribution in [2.75, 3.05) is 13.2 Å². The van der Waals surface area contributed by atoms with Crippen LogP contribution in [0.2, 0.25) is 0 Å². The van der Waals surface area contributed by atoms with Crippen molar-refractivity contribution < 1.29 is 9.47 Å². The Morgan fingerprint density at radius 2 is 1.88 bits per heavy atom. The number of ether oxygens (including phenoxy) is 2. The summed E-state index contributed by atoms with van der Waals surface area (Å²) in [6.45, 7) is 1.11. The van der Waals surface area contributed by atoms with Crippen LogP contribution in [0.4, 0.5) is 0 Å². The number of nitrogens with two attached hydrogens (primary N) is 2. The molecule has 0 aromatic heterocycles. The summed E-state index contributed by atoms with van der Waals surface area (Å²) in [5, 5.41) is 0. The van der Waals surface area contributed by atoms with E-state index in [0.29, 0.717) is 13.2 Å². The Morgan fingerprint density at radius 1 is 1.19 bits per heavy atom. The van der Waals surface area contributed by atoms with Crippen LogP contribution in [-0.4, -0.2) is 31.0 Å². The van der Waals surface area contributed by atoms with Crippen molar-refractivity contribution in [1.29, 1.82) is 0 Å². The molecule has 1 saturated heterocycles. The van der Waals surface area contributed by atoms with Crippen LogP contribution in [0, 0.1) is 0 Å². The predicted molar refractivity (Wildman–Crippen MR) is 61.9 cm³/mol. The maximum atomic E-state index is 5.98. The average Bonchev–Trinajstić information content (AvgIpc) is 2.49. The van der Waals surface area contributed by atoms with Gasteiger partial charge in [-0.15, -0.1) is 0 Å². The first-order valence-corrected chi connectivity index (χ1v) is 6.07. The van der Waals surface area contributed by atoms with Gasteiger partial charge in [-0.25, -0.2) is 0 Å².